The molecule has 1 rings (SSSR count). The van der Waals surface area contributed by atoms with Gasteiger partial charge in [0.15, 0.2) is 0 Å². The van der Waals surface area contributed by atoms with Crippen molar-refractivity contribution < 1.29 is 9.47 Å². The number of likely N-dealkylation sites (N-methyl/N-ethyl adjacent to an activating group) is 2. The lowest BCUT2D eigenvalue weighted by molar-refractivity contribution is 0.0574. The van der Waals surface area contributed by atoms with Gasteiger partial charge in [-0.1, -0.05) is 6.92 Å². The highest BCUT2D eigenvalue weighted by molar-refractivity contribution is 9.10. The summed E-state index contributed by atoms with van der Waals surface area (Å²) in [7, 11) is 5.81. The van der Waals surface area contributed by atoms with Crippen LogP contribution in [0.3, 0.4) is 0 Å². The van der Waals surface area contributed by atoms with E-state index < -0.39 is 0 Å². The van der Waals surface area contributed by atoms with E-state index >= 15 is 0 Å². The van der Waals surface area contributed by atoms with Crippen molar-refractivity contribution in [2.75, 3.05) is 54.1 Å². The average Bonchev–Trinajstić information content (AvgIpc) is 2.81. The van der Waals surface area contributed by atoms with Crippen LogP contribution < -0.4 is 5.32 Å². The van der Waals surface area contributed by atoms with Gasteiger partial charge in [-0.3, -0.25) is 4.68 Å². The van der Waals surface area contributed by atoms with E-state index in [9.17, 15) is 0 Å². The Bertz CT molecular complexity index is 398. The number of nitrogens with one attached hydrogen (secondary N) is 1. The molecule has 0 bridgehead atoms. The van der Waals surface area contributed by atoms with Gasteiger partial charge >= 0.3 is 0 Å². The van der Waals surface area contributed by atoms with Crippen molar-refractivity contribution in [1.29, 1.82) is 0 Å². The Labute approximate surface area is 135 Å². The summed E-state index contributed by atoms with van der Waals surface area (Å²) in [5.41, 5.74) is 1.14. The van der Waals surface area contributed by atoms with E-state index in [1.807, 2.05) is 10.9 Å². The quantitative estimate of drug-likeness (QED) is 0.605. The molecule has 1 aromatic rings. The number of hydrogen-bond donors (Lipinski definition) is 1. The standard InChI is InChI=1S/C14H27BrN4O2/c1-5-16-13(11-21-9-8-20-4)14-12(15)10-17-19(14)7-6-18(2)3/h10,13,16H,5-9,11H2,1-4H3. The molecule has 0 aromatic carbocycles. The Morgan fingerprint density at radius 2 is 2.19 bits per heavy atom. The van der Waals surface area contributed by atoms with Crippen molar-refractivity contribution >= 4 is 15.9 Å². The second kappa shape index (κ2) is 10.3. The van der Waals surface area contributed by atoms with Gasteiger partial charge in [0.05, 0.1) is 48.8 Å². The summed E-state index contributed by atoms with van der Waals surface area (Å²) in [5.74, 6) is 0. The maximum absolute atomic E-state index is 5.69. The number of ether oxygens (including phenoxy) is 2. The second-order valence-electron chi connectivity index (χ2n) is 5.08. The first-order valence-corrected chi connectivity index (χ1v) is 8.05. The number of rotatable bonds is 11. The van der Waals surface area contributed by atoms with Gasteiger partial charge in [0.1, 0.15) is 0 Å². The largest absolute Gasteiger partial charge is 0.382 e. The zero-order chi connectivity index (χ0) is 15.7. The fourth-order valence-corrected chi connectivity index (χ4v) is 2.59. The molecule has 0 spiro atoms. The van der Waals surface area contributed by atoms with E-state index in [-0.39, 0.29) is 6.04 Å². The van der Waals surface area contributed by atoms with Crippen molar-refractivity contribution in [1.82, 2.24) is 20.0 Å². The topological polar surface area (TPSA) is 51.5 Å². The first kappa shape index (κ1) is 18.6. The van der Waals surface area contributed by atoms with E-state index in [1.165, 1.54) is 0 Å². The van der Waals surface area contributed by atoms with Crippen molar-refractivity contribution in [3.05, 3.63) is 16.4 Å². The number of aromatic nitrogens is 2. The third-order valence-corrected chi connectivity index (χ3v) is 3.70. The van der Waals surface area contributed by atoms with Gasteiger partial charge in [0.25, 0.3) is 0 Å². The molecule has 122 valence electrons. The summed E-state index contributed by atoms with van der Waals surface area (Å²) in [6, 6.07) is 0.117. The van der Waals surface area contributed by atoms with Crippen LogP contribution in [0.4, 0.5) is 0 Å². The fraction of sp³-hybridized carbons (Fsp3) is 0.786. The third-order valence-electron chi connectivity index (χ3n) is 3.09. The molecule has 0 fully saturated rings. The molecule has 7 heteroatoms. The Morgan fingerprint density at radius 3 is 2.81 bits per heavy atom. The summed E-state index contributed by atoms with van der Waals surface area (Å²) < 4.78 is 13.8. The zero-order valence-electron chi connectivity index (χ0n) is 13.4. The average molecular weight is 363 g/mol. The maximum atomic E-state index is 5.69. The van der Waals surface area contributed by atoms with Gasteiger partial charge in [-0.15, -0.1) is 0 Å². The normalized spacial score (nSPS) is 13.0. The first-order chi connectivity index (χ1) is 10.1. The minimum atomic E-state index is 0.117. The van der Waals surface area contributed by atoms with E-state index in [4.69, 9.17) is 9.47 Å². The van der Waals surface area contributed by atoms with E-state index in [0.717, 1.165) is 29.8 Å². The molecular formula is C14H27BrN4O2. The van der Waals surface area contributed by atoms with Gasteiger partial charge in [-0.2, -0.15) is 5.10 Å². The first-order valence-electron chi connectivity index (χ1n) is 7.26. The molecule has 6 nitrogen and oxygen atoms in total. The van der Waals surface area contributed by atoms with Crippen LogP contribution in [0.5, 0.6) is 0 Å². The van der Waals surface area contributed by atoms with Crippen molar-refractivity contribution in [2.24, 2.45) is 0 Å². The zero-order valence-corrected chi connectivity index (χ0v) is 15.0. The van der Waals surface area contributed by atoms with Gasteiger partial charge in [-0.25, -0.2) is 0 Å². The number of hydrogen-bond acceptors (Lipinski definition) is 5. The van der Waals surface area contributed by atoms with Crippen LogP contribution in [-0.2, 0) is 16.0 Å². The van der Waals surface area contributed by atoms with Crippen LogP contribution in [0.2, 0.25) is 0 Å². The Kier molecular flexibility index (Phi) is 9.10. The number of halogens is 1. The van der Waals surface area contributed by atoms with Crippen molar-refractivity contribution in [3.63, 3.8) is 0 Å². The lowest BCUT2D eigenvalue weighted by atomic mass is 10.2. The molecule has 1 atom stereocenters. The second-order valence-corrected chi connectivity index (χ2v) is 5.94. The molecule has 0 amide bonds. The highest BCUT2D eigenvalue weighted by Gasteiger charge is 2.19. The summed E-state index contributed by atoms with van der Waals surface area (Å²) >= 11 is 3.60. The smallest absolute Gasteiger partial charge is 0.0741 e. The van der Waals surface area contributed by atoms with Crippen molar-refractivity contribution in [2.45, 2.75) is 19.5 Å². The molecule has 1 unspecified atom stereocenters. The van der Waals surface area contributed by atoms with Gasteiger partial charge in [-0.05, 0) is 36.6 Å². The van der Waals surface area contributed by atoms with Crippen LogP contribution in [-0.4, -0.2) is 68.8 Å². The van der Waals surface area contributed by atoms with E-state index in [1.54, 1.807) is 7.11 Å². The third kappa shape index (κ3) is 6.44. The predicted octanol–water partition coefficient (Wildman–Crippen LogP) is 1.52. The Balaban J connectivity index is 2.73. The predicted molar refractivity (Wildman–Crippen MR) is 87.6 cm³/mol. The lowest BCUT2D eigenvalue weighted by Crippen LogP contribution is -2.30. The minimum absolute atomic E-state index is 0.117. The van der Waals surface area contributed by atoms with E-state index in [0.29, 0.717) is 19.8 Å². The molecule has 1 heterocycles. The number of nitrogens with zero attached hydrogens (tertiary/aromatic N) is 3. The summed E-state index contributed by atoms with van der Waals surface area (Å²) in [6.45, 7) is 6.59. The SMILES string of the molecule is CCNC(COCCOC)c1c(Br)cnn1CCN(C)C. The van der Waals surface area contributed by atoms with Crippen molar-refractivity contribution in [3.8, 4) is 0 Å². The lowest BCUT2D eigenvalue weighted by Gasteiger charge is -2.21. The number of methoxy groups -OCH3 is 1. The maximum Gasteiger partial charge on any atom is 0.0741 e. The molecule has 1 aromatic heterocycles. The fourth-order valence-electron chi connectivity index (χ4n) is 2.02. The summed E-state index contributed by atoms with van der Waals surface area (Å²) in [5, 5.41) is 7.92. The highest BCUT2D eigenvalue weighted by atomic mass is 79.9. The van der Waals surface area contributed by atoms with Gasteiger partial charge in [0, 0.05) is 13.7 Å². The molecule has 0 saturated carbocycles. The molecule has 0 radical (unpaired) electrons. The molecule has 1 N–H and O–H groups in total. The van der Waals surface area contributed by atoms with Crippen LogP contribution in [0, 0.1) is 0 Å². The monoisotopic (exact) mass is 362 g/mol. The van der Waals surface area contributed by atoms with Crippen LogP contribution in [0.1, 0.15) is 18.7 Å². The Morgan fingerprint density at radius 1 is 1.43 bits per heavy atom. The highest BCUT2D eigenvalue weighted by Crippen LogP contribution is 2.23. The minimum Gasteiger partial charge on any atom is -0.382 e. The molecule has 0 saturated heterocycles. The van der Waals surface area contributed by atoms with Crippen LogP contribution in [0.15, 0.2) is 10.7 Å². The molecule has 0 aliphatic rings. The van der Waals surface area contributed by atoms with Gasteiger partial charge in [0.2, 0.25) is 0 Å². The molecular weight excluding hydrogens is 336 g/mol. The molecule has 21 heavy (non-hydrogen) atoms. The Hall–Kier alpha value is -0.470. The van der Waals surface area contributed by atoms with E-state index in [2.05, 4.69) is 52.3 Å². The molecule has 0 aliphatic heterocycles. The van der Waals surface area contributed by atoms with Gasteiger partial charge < -0.3 is 19.7 Å². The summed E-state index contributed by atoms with van der Waals surface area (Å²) in [6.07, 6.45) is 1.85. The molecule has 0 aliphatic carbocycles. The summed E-state index contributed by atoms with van der Waals surface area (Å²) in [4.78, 5) is 2.15. The van der Waals surface area contributed by atoms with Crippen LogP contribution in [0.25, 0.3) is 0 Å². The van der Waals surface area contributed by atoms with Crippen LogP contribution >= 0.6 is 15.9 Å².